The topological polar surface area (TPSA) is 42.7 Å². The number of rotatable bonds is 4. The third kappa shape index (κ3) is 2.22. The fraction of sp³-hybridized carbons (Fsp3) is 0.231. The maximum Gasteiger partial charge on any atom is 0.134 e. The standard InChI is InChI=1S/C13H14N4S/c1-17-9-10(8-16-17)2-5-14-13-11-4-7-18-12(11)3-6-15-13/h3-4,6-9H,2,5H2,1H3,(H,14,15). The van der Waals surface area contributed by atoms with E-state index in [4.69, 9.17) is 0 Å². The van der Waals surface area contributed by atoms with Gasteiger partial charge < -0.3 is 5.32 Å². The van der Waals surface area contributed by atoms with Gasteiger partial charge in [0.25, 0.3) is 0 Å². The van der Waals surface area contributed by atoms with Gasteiger partial charge in [-0.1, -0.05) is 0 Å². The molecule has 92 valence electrons. The minimum absolute atomic E-state index is 0.869. The van der Waals surface area contributed by atoms with Crippen molar-refractivity contribution in [3.05, 3.63) is 41.7 Å². The Morgan fingerprint density at radius 1 is 1.39 bits per heavy atom. The summed E-state index contributed by atoms with van der Waals surface area (Å²) in [4.78, 5) is 4.39. The van der Waals surface area contributed by atoms with Gasteiger partial charge in [0.1, 0.15) is 5.82 Å². The van der Waals surface area contributed by atoms with Crippen molar-refractivity contribution in [2.45, 2.75) is 6.42 Å². The summed E-state index contributed by atoms with van der Waals surface area (Å²) in [6, 6.07) is 4.16. The fourth-order valence-corrected chi connectivity index (χ4v) is 2.74. The molecule has 0 amide bonds. The molecule has 0 aliphatic rings. The molecule has 0 radical (unpaired) electrons. The van der Waals surface area contributed by atoms with Crippen LogP contribution in [0.25, 0.3) is 10.1 Å². The average molecular weight is 258 g/mol. The van der Waals surface area contributed by atoms with Gasteiger partial charge in [-0.2, -0.15) is 5.10 Å². The molecule has 3 heterocycles. The molecule has 3 aromatic rings. The smallest absolute Gasteiger partial charge is 0.134 e. The van der Waals surface area contributed by atoms with Gasteiger partial charge in [-0.3, -0.25) is 4.68 Å². The highest BCUT2D eigenvalue weighted by Gasteiger charge is 2.03. The van der Waals surface area contributed by atoms with Crippen LogP contribution in [0.15, 0.2) is 36.1 Å². The lowest BCUT2D eigenvalue weighted by Crippen LogP contribution is -2.05. The number of aromatic nitrogens is 3. The summed E-state index contributed by atoms with van der Waals surface area (Å²) < 4.78 is 3.10. The second-order valence-electron chi connectivity index (χ2n) is 4.19. The van der Waals surface area contributed by atoms with E-state index in [2.05, 4.69) is 26.8 Å². The Kier molecular flexibility index (Phi) is 2.98. The zero-order valence-corrected chi connectivity index (χ0v) is 10.9. The summed E-state index contributed by atoms with van der Waals surface area (Å²) in [5.41, 5.74) is 1.24. The van der Waals surface area contributed by atoms with Gasteiger partial charge in [0, 0.05) is 36.1 Å². The van der Waals surface area contributed by atoms with Crippen LogP contribution in [0.3, 0.4) is 0 Å². The van der Waals surface area contributed by atoms with Crippen molar-refractivity contribution in [1.82, 2.24) is 14.8 Å². The van der Waals surface area contributed by atoms with Crippen molar-refractivity contribution in [1.29, 1.82) is 0 Å². The summed E-state index contributed by atoms with van der Waals surface area (Å²) in [5.74, 6) is 0.970. The first-order valence-corrected chi connectivity index (χ1v) is 6.74. The van der Waals surface area contributed by atoms with Gasteiger partial charge >= 0.3 is 0 Å². The second-order valence-corrected chi connectivity index (χ2v) is 5.14. The predicted molar refractivity (Wildman–Crippen MR) is 75.0 cm³/mol. The fourth-order valence-electron chi connectivity index (χ4n) is 1.96. The molecule has 4 nitrogen and oxygen atoms in total. The van der Waals surface area contributed by atoms with Gasteiger partial charge in [0.05, 0.1) is 6.20 Å². The minimum Gasteiger partial charge on any atom is -0.369 e. The lowest BCUT2D eigenvalue weighted by atomic mass is 10.2. The van der Waals surface area contributed by atoms with Crippen molar-refractivity contribution in [3.8, 4) is 0 Å². The third-order valence-electron chi connectivity index (χ3n) is 2.84. The number of hydrogen-bond donors (Lipinski definition) is 1. The summed E-state index contributed by atoms with van der Waals surface area (Å²) in [7, 11) is 1.94. The monoisotopic (exact) mass is 258 g/mol. The maximum absolute atomic E-state index is 4.39. The van der Waals surface area contributed by atoms with Crippen LogP contribution < -0.4 is 5.32 Å². The molecule has 0 saturated heterocycles. The van der Waals surface area contributed by atoms with Crippen LogP contribution in [0.2, 0.25) is 0 Å². The predicted octanol–water partition coefficient (Wildman–Crippen LogP) is 2.68. The Bertz CT molecular complexity index is 656. The first kappa shape index (κ1) is 11.2. The van der Waals surface area contributed by atoms with Crippen molar-refractivity contribution in [2.75, 3.05) is 11.9 Å². The maximum atomic E-state index is 4.39. The number of anilines is 1. The van der Waals surface area contributed by atoms with Crippen LogP contribution in [0.4, 0.5) is 5.82 Å². The molecule has 0 spiro atoms. The quantitative estimate of drug-likeness (QED) is 0.782. The van der Waals surface area contributed by atoms with E-state index in [0.29, 0.717) is 0 Å². The van der Waals surface area contributed by atoms with Crippen LogP contribution in [0.1, 0.15) is 5.56 Å². The van der Waals surface area contributed by atoms with E-state index in [1.165, 1.54) is 15.6 Å². The van der Waals surface area contributed by atoms with Crippen molar-refractivity contribution in [3.63, 3.8) is 0 Å². The van der Waals surface area contributed by atoms with Gasteiger partial charge in [-0.15, -0.1) is 11.3 Å². The minimum atomic E-state index is 0.869. The van der Waals surface area contributed by atoms with E-state index >= 15 is 0 Å². The van der Waals surface area contributed by atoms with Crippen LogP contribution in [0, 0.1) is 0 Å². The number of fused-ring (bicyclic) bond motifs is 1. The SMILES string of the molecule is Cn1cc(CCNc2nccc3sccc23)cn1. The zero-order valence-electron chi connectivity index (χ0n) is 10.1. The Balaban J connectivity index is 1.68. The lowest BCUT2D eigenvalue weighted by molar-refractivity contribution is 0.767. The number of hydrogen-bond acceptors (Lipinski definition) is 4. The van der Waals surface area contributed by atoms with Gasteiger partial charge in [0.2, 0.25) is 0 Å². The van der Waals surface area contributed by atoms with E-state index in [-0.39, 0.29) is 0 Å². The van der Waals surface area contributed by atoms with E-state index in [0.717, 1.165) is 18.8 Å². The molecular weight excluding hydrogens is 244 g/mol. The summed E-state index contributed by atoms with van der Waals surface area (Å²) >= 11 is 1.74. The highest BCUT2D eigenvalue weighted by atomic mass is 32.1. The number of nitrogens with zero attached hydrogens (tertiary/aromatic N) is 3. The van der Waals surface area contributed by atoms with Crippen LogP contribution in [-0.4, -0.2) is 21.3 Å². The first-order chi connectivity index (χ1) is 8.83. The summed E-state index contributed by atoms with van der Waals surface area (Å²) in [5, 5.41) is 10.8. The summed E-state index contributed by atoms with van der Waals surface area (Å²) in [6.07, 6.45) is 6.75. The number of aryl methyl sites for hydroxylation is 1. The van der Waals surface area contributed by atoms with Crippen molar-refractivity contribution < 1.29 is 0 Å². The molecule has 0 aliphatic carbocycles. The molecule has 5 heteroatoms. The molecule has 18 heavy (non-hydrogen) atoms. The Hall–Kier alpha value is -1.88. The number of thiophene rings is 1. The second kappa shape index (κ2) is 4.78. The van der Waals surface area contributed by atoms with Crippen molar-refractivity contribution in [2.24, 2.45) is 7.05 Å². The highest BCUT2D eigenvalue weighted by molar-refractivity contribution is 7.17. The third-order valence-corrected chi connectivity index (χ3v) is 3.73. The van der Waals surface area contributed by atoms with Gasteiger partial charge in [-0.25, -0.2) is 4.98 Å². The van der Waals surface area contributed by atoms with Gasteiger partial charge in [0.15, 0.2) is 0 Å². The van der Waals surface area contributed by atoms with Crippen LogP contribution in [0.5, 0.6) is 0 Å². The molecule has 1 N–H and O–H groups in total. The molecular formula is C13H14N4S. The Morgan fingerprint density at radius 3 is 3.17 bits per heavy atom. The first-order valence-electron chi connectivity index (χ1n) is 5.86. The van der Waals surface area contributed by atoms with Crippen molar-refractivity contribution >= 4 is 27.2 Å². The van der Waals surface area contributed by atoms with E-state index in [1.807, 2.05) is 36.4 Å². The number of nitrogens with one attached hydrogen (secondary N) is 1. The molecule has 0 atom stereocenters. The number of pyridine rings is 1. The van der Waals surface area contributed by atoms with E-state index in [1.54, 1.807) is 11.3 Å². The van der Waals surface area contributed by atoms with Crippen LogP contribution >= 0.6 is 11.3 Å². The van der Waals surface area contributed by atoms with E-state index in [9.17, 15) is 0 Å². The van der Waals surface area contributed by atoms with Crippen LogP contribution in [-0.2, 0) is 13.5 Å². The highest BCUT2D eigenvalue weighted by Crippen LogP contribution is 2.25. The lowest BCUT2D eigenvalue weighted by Gasteiger charge is -2.05. The Morgan fingerprint density at radius 2 is 2.33 bits per heavy atom. The average Bonchev–Trinajstić information content (AvgIpc) is 2.98. The molecule has 0 aliphatic heterocycles. The molecule has 0 aromatic carbocycles. The van der Waals surface area contributed by atoms with Gasteiger partial charge in [-0.05, 0) is 29.5 Å². The molecule has 0 bridgehead atoms. The molecule has 0 fully saturated rings. The normalized spacial score (nSPS) is 10.9. The molecule has 3 aromatic heterocycles. The zero-order chi connectivity index (χ0) is 12.4. The summed E-state index contributed by atoms with van der Waals surface area (Å²) in [6.45, 7) is 0.869. The Labute approximate surface area is 109 Å². The molecule has 0 unspecified atom stereocenters. The largest absolute Gasteiger partial charge is 0.369 e. The van der Waals surface area contributed by atoms with E-state index < -0.39 is 0 Å². The molecule has 0 saturated carbocycles. The molecule has 3 rings (SSSR count).